The molecule has 3 heterocycles. The molecule has 8 nitrogen and oxygen atoms in total. The number of anilines is 1. The SMILES string of the molecule is COc1ccc(CCNC(=NCCc2ccco2)NC2CCN(c3ncccn3)CC2)cc1.I. The molecule has 1 aromatic carbocycles. The van der Waals surface area contributed by atoms with Gasteiger partial charge in [0.25, 0.3) is 0 Å². The molecule has 3 aromatic rings. The van der Waals surface area contributed by atoms with Crippen molar-refractivity contribution < 1.29 is 9.15 Å². The molecular formula is C25H33IN6O2. The first-order valence-electron chi connectivity index (χ1n) is 11.5. The molecule has 1 aliphatic rings. The lowest BCUT2D eigenvalue weighted by molar-refractivity contribution is 0.414. The van der Waals surface area contributed by atoms with Crippen LogP contribution in [0.1, 0.15) is 24.2 Å². The van der Waals surface area contributed by atoms with E-state index < -0.39 is 0 Å². The molecular weight excluding hydrogens is 543 g/mol. The molecule has 1 fully saturated rings. The van der Waals surface area contributed by atoms with Crippen LogP contribution in [0, 0.1) is 0 Å². The van der Waals surface area contributed by atoms with Crippen LogP contribution in [0.5, 0.6) is 5.75 Å². The lowest BCUT2D eigenvalue weighted by Gasteiger charge is -2.33. The zero-order valence-corrected chi connectivity index (χ0v) is 21.9. The molecule has 0 radical (unpaired) electrons. The number of rotatable bonds is 9. The van der Waals surface area contributed by atoms with E-state index in [0.29, 0.717) is 12.6 Å². The number of hydrogen-bond donors (Lipinski definition) is 2. The molecule has 182 valence electrons. The van der Waals surface area contributed by atoms with Crippen molar-refractivity contribution in [2.45, 2.75) is 31.7 Å². The number of nitrogens with one attached hydrogen (secondary N) is 2. The predicted octanol–water partition coefficient (Wildman–Crippen LogP) is 3.69. The van der Waals surface area contributed by atoms with Crippen LogP contribution in [0.2, 0.25) is 0 Å². The summed E-state index contributed by atoms with van der Waals surface area (Å²) in [6.07, 6.45) is 9.00. The van der Waals surface area contributed by atoms with Crippen LogP contribution < -0.4 is 20.3 Å². The summed E-state index contributed by atoms with van der Waals surface area (Å²) in [4.78, 5) is 15.8. The molecule has 0 aliphatic carbocycles. The normalized spacial score (nSPS) is 14.4. The summed E-state index contributed by atoms with van der Waals surface area (Å²) in [7, 11) is 1.69. The molecule has 4 rings (SSSR count). The topological polar surface area (TPSA) is 87.8 Å². The summed E-state index contributed by atoms with van der Waals surface area (Å²) in [6.45, 7) is 3.32. The molecule has 0 saturated carbocycles. The van der Waals surface area contributed by atoms with Crippen molar-refractivity contribution in [3.63, 3.8) is 0 Å². The number of nitrogens with zero attached hydrogens (tertiary/aromatic N) is 4. The highest BCUT2D eigenvalue weighted by molar-refractivity contribution is 14.0. The molecule has 2 N–H and O–H groups in total. The van der Waals surface area contributed by atoms with E-state index in [-0.39, 0.29) is 24.0 Å². The third kappa shape index (κ3) is 7.89. The predicted molar refractivity (Wildman–Crippen MR) is 145 cm³/mol. The Morgan fingerprint density at radius 1 is 1.09 bits per heavy atom. The van der Waals surface area contributed by atoms with Crippen LogP contribution in [-0.2, 0) is 12.8 Å². The first-order valence-corrected chi connectivity index (χ1v) is 11.5. The number of benzene rings is 1. The van der Waals surface area contributed by atoms with Crippen molar-refractivity contribution in [2.75, 3.05) is 38.2 Å². The van der Waals surface area contributed by atoms with Crippen LogP contribution in [-0.4, -0.2) is 55.3 Å². The molecule has 0 unspecified atom stereocenters. The quantitative estimate of drug-likeness (QED) is 0.228. The van der Waals surface area contributed by atoms with Crippen LogP contribution in [0.15, 0.2) is 70.5 Å². The van der Waals surface area contributed by atoms with Gasteiger partial charge in [0, 0.05) is 51.0 Å². The van der Waals surface area contributed by atoms with Crippen molar-refractivity contribution in [3.05, 3.63) is 72.4 Å². The number of piperidine rings is 1. The van der Waals surface area contributed by atoms with Gasteiger partial charge in [-0.25, -0.2) is 9.97 Å². The van der Waals surface area contributed by atoms with Crippen molar-refractivity contribution in [3.8, 4) is 5.75 Å². The summed E-state index contributed by atoms with van der Waals surface area (Å²) in [5.74, 6) is 3.48. The zero-order chi connectivity index (χ0) is 22.7. The van der Waals surface area contributed by atoms with Crippen molar-refractivity contribution in [2.24, 2.45) is 4.99 Å². The number of guanidine groups is 1. The number of methoxy groups -OCH3 is 1. The lowest BCUT2D eigenvalue weighted by Crippen LogP contribution is -2.49. The van der Waals surface area contributed by atoms with Gasteiger partial charge in [-0.2, -0.15) is 0 Å². The fourth-order valence-electron chi connectivity index (χ4n) is 3.87. The van der Waals surface area contributed by atoms with Crippen LogP contribution in [0.4, 0.5) is 5.95 Å². The first kappa shape index (κ1) is 25.8. The second kappa shape index (κ2) is 13.8. The van der Waals surface area contributed by atoms with Gasteiger partial charge >= 0.3 is 0 Å². The molecule has 2 aromatic heterocycles. The van der Waals surface area contributed by atoms with Gasteiger partial charge in [0.1, 0.15) is 11.5 Å². The maximum atomic E-state index is 5.44. The van der Waals surface area contributed by atoms with Gasteiger partial charge in [-0.3, -0.25) is 4.99 Å². The number of furan rings is 1. The van der Waals surface area contributed by atoms with E-state index in [4.69, 9.17) is 14.1 Å². The molecule has 1 saturated heterocycles. The van der Waals surface area contributed by atoms with Gasteiger partial charge in [0.05, 0.1) is 13.4 Å². The van der Waals surface area contributed by atoms with E-state index in [1.54, 1.807) is 25.8 Å². The third-order valence-electron chi connectivity index (χ3n) is 5.74. The van der Waals surface area contributed by atoms with E-state index in [9.17, 15) is 0 Å². The minimum Gasteiger partial charge on any atom is -0.497 e. The second-order valence-electron chi connectivity index (χ2n) is 8.04. The Labute approximate surface area is 218 Å². The van der Waals surface area contributed by atoms with Gasteiger partial charge in [0.2, 0.25) is 5.95 Å². The van der Waals surface area contributed by atoms with E-state index in [0.717, 1.165) is 68.7 Å². The van der Waals surface area contributed by atoms with E-state index in [2.05, 4.69) is 37.6 Å². The van der Waals surface area contributed by atoms with Crippen LogP contribution in [0.25, 0.3) is 0 Å². The summed E-state index contributed by atoms with van der Waals surface area (Å²) >= 11 is 0. The van der Waals surface area contributed by atoms with Gasteiger partial charge in [-0.05, 0) is 55.2 Å². The Kier molecular flexibility index (Phi) is 10.5. The van der Waals surface area contributed by atoms with Crippen LogP contribution >= 0.6 is 24.0 Å². The average Bonchev–Trinajstić information content (AvgIpc) is 3.39. The van der Waals surface area contributed by atoms with Gasteiger partial charge in [-0.15, -0.1) is 24.0 Å². The van der Waals surface area contributed by atoms with Crippen molar-refractivity contribution >= 4 is 35.9 Å². The summed E-state index contributed by atoms with van der Waals surface area (Å²) in [6, 6.07) is 14.3. The Balaban J connectivity index is 0.00000324. The van der Waals surface area contributed by atoms with E-state index in [1.165, 1.54) is 5.56 Å². The summed E-state index contributed by atoms with van der Waals surface area (Å²) in [5, 5.41) is 7.14. The second-order valence-corrected chi connectivity index (χ2v) is 8.04. The van der Waals surface area contributed by atoms with Gasteiger partial charge in [-0.1, -0.05) is 12.1 Å². The largest absolute Gasteiger partial charge is 0.497 e. The maximum absolute atomic E-state index is 5.44. The van der Waals surface area contributed by atoms with Gasteiger partial charge in [0.15, 0.2) is 5.96 Å². The fraction of sp³-hybridized carbons (Fsp3) is 0.400. The summed E-state index contributed by atoms with van der Waals surface area (Å²) in [5.41, 5.74) is 1.26. The average molecular weight is 576 g/mol. The molecule has 0 atom stereocenters. The smallest absolute Gasteiger partial charge is 0.225 e. The standard InChI is InChI=1S/C25H32N6O2.HI/c1-32-22-7-5-20(6-8-22)9-15-26-24(27-16-10-23-4-2-19-33-23)30-21-11-17-31(18-12-21)25-28-13-3-14-29-25;/h2-8,13-14,19,21H,9-12,15-18H2,1H3,(H2,26,27,30);1H. The third-order valence-corrected chi connectivity index (χ3v) is 5.74. The molecule has 9 heteroatoms. The minimum absolute atomic E-state index is 0. The van der Waals surface area contributed by atoms with E-state index >= 15 is 0 Å². The fourth-order valence-corrected chi connectivity index (χ4v) is 3.87. The van der Waals surface area contributed by atoms with Crippen LogP contribution in [0.3, 0.4) is 0 Å². The number of aliphatic imine (C=N–C) groups is 1. The number of aromatic nitrogens is 2. The summed E-state index contributed by atoms with van der Waals surface area (Å²) < 4.78 is 10.7. The molecule has 0 spiro atoms. The Bertz CT molecular complexity index is 974. The highest BCUT2D eigenvalue weighted by Crippen LogP contribution is 2.15. The Morgan fingerprint density at radius 3 is 2.53 bits per heavy atom. The molecule has 0 bridgehead atoms. The molecule has 0 amide bonds. The highest BCUT2D eigenvalue weighted by Gasteiger charge is 2.21. The maximum Gasteiger partial charge on any atom is 0.225 e. The monoisotopic (exact) mass is 576 g/mol. The van der Waals surface area contributed by atoms with Gasteiger partial charge < -0.3 is 24.7 Å². The minimum atomic E-state index is 0. The molecule has 1 aliphatic heterocycles. The Morgan fingerprint density at radius 2 is 1.85 bits per heavy atom. The van der Waals surface area contributed by atoms with Crippen molar-refractivity contribution in [1.82, 2.24) is 20.6 Å². The molecule has 34 heavy (non-hydrogen) atoms. The highest BCUT2D eigenvalue weighted by atomic mass is 127. The number of ether oxygens (including phenoxy) is 1. The number of halogens is 1. The van der Waals surface area contributed by atoms with Crippen molar-refractivity contribution in [1.29, 1.82) is 0 Å². The Hall–Kier alpha value is -2.82. The lowest BCUT2D eigenvalue weighted by atomic mass is 10.1. The van der Waals surface area contributed by atoms with E-state index in [1.807, 2.05) is 30.3 Å². The number of hydrogen-bond acceptors (Lipinski definition) is 6. The first-order chi connectivity index (χ1) is 16.3. The zero-order valence-electron chi connectivity index (χ0n) is 19.5.